The first-order chi connectivity index (χ1) is 10.1. The van der Waals surface area contributed by atoms with Crippen molar-refractivity contribution in [3.63, 3.8) is 0 Å². The Kier molecular flexibility index (Phi) is 9.36. The standard InChI is InChI=1S/C16H31NO3S/c1-4-10-17-16(3,15(18)20-5-2)9-6-13-21-14-7-11-19-12-8-14/h14,17H,4-13H2,1-3H3. The normalized spacial score (nSPS) is 19.2. The van der Waals surface area contributed by atoms with E-state index in [0.717, 1.165) is 62.9 Å². The van der Waals surface area contributed by atoms with Gasteiger partial charge in [-0.1, -0.05) is 6.92 Å². The number of hydrogen-bond acceptors (Lipinski definition) is 5. The van der Waals surface area contributed by atoms with Crippen LogP contribution in [0.2, 0.25) is 0 Å². The minimum Gasteiger partial charge on any atom is -0.465 e. The second kappa shape index (κ2) is 10.5. The molecule has 21 heavy (non-hydrogen) atoms. The van der Waals surface area contributed by atoms with Crippen LogP contribution in [0.4, 0.5) is 0 Å². The Hall–Kier alpha value is -0.260. The van der Waals surface area contributed by atoms with E-state index < -0.39 is 5.54 Å². The smallest absolute Gasteiger partial charge is 0.326 e. The van der Waals surface area contributed by atoms with Crippen LogP contribution in [-0.2, 0) is 14.3 Å². The van der Waals surface area contributed by atoms with Crippen LogP contribution in [0, 0.1) is 0 Å². The number of rotatable bonds is 10. The molecule has 1 aliphatic rings. The molecule has 0 bridgehead atoms. The summed E-state index contributed by atoms with van der Waals surface area (Å²) in [6, 6.07) is 0. The third kappa shape index (κ3) is 7.02. The van der Waals surface area contributed by atoms with Crippen molar-refractivity contribution in [1.82, 2.24) is 5.32 Å². The number of carbonyl (C=O) groups is 1. The molecule has 1 unspecified atom stereocenters. The monoisotopic (exact) mass is 317 g/mol. The van der Waals surface area contributed by atoms with Crippen molar-refractivity contribution >= 4 is 17.7 Å². The lowest BCUT2D eigenvalue weighted by Crippen LogP contribution is -2.50. The van der Waals surface area contributed by atoms with Gasteiger partial charge >= 0.3 is 5.97 Å². The van der Waals surface area contributed by atoms with Gasteiger partial charge in [0.25, 0.3) is 0 Å². The topological polar surface area (TPSA) is 47.6 Å². The van der Waals surface area contributed by atoms with E-state index in [1.807, 2.05) is 25.6 Å². The zero-order valence-corrected chi connectivity index (χ0v) is 14.6. The lowest BCUT2D eigenvalue weighted by Gasteiger charge is -2.29. The maximum Gasteiger partial charge on any atom is 0.326 e. The maximum atomic E-state index is 12.2. The summed E-state index contributed by atoms with van der Waals surface area (Å²) in [4.78, 5) is 12.2. The minimum atomic E-state index is -0.539. The zero-order valence-electron chi connectivity index (χ0n) is 13.8. The van der Waals surface area contributed by atoms with Crippen LogP contribution in [0.25, 0.3) is 0 Å². The van der Waals surface area contributed by atoms with Crippen molar-refractivity contribution in [2.24, 2.45) is 0 Å². The minimum absolute atomic E-state index is 0.116. The highest BCUT2D eigenvalue weighted by atomic mass is 32.2. The second-order valence-electron chi connectivity index (χ2n) is 5.77. The van der Waals surface area contributed by atoms with E-state index in [-0.39, 0.29) is 5.97 Å². The summed E-state index contributed by atoms with van der Waals surface area (Å²) in [6.07, 6.45) is 5.21. The van der Waals surface area contributed by atoms with Gasteiger partial charge in [0.05, 0.1) is 6.61 Å². The molecule has 0 radical (unpaired) electrons. The van der Waals surface area contributed by atoms with Gasteiger partial charge in [0, 0.05) is 18.5 Å². The molecule has 1 atom stereocenters. The molecule has 1 aliphatic heterocycles. The van der Waals surface area contributed by atoms with E-state index in [9.17, 15) is 4.79 Å². The van der Waals surface area contributed by atoms with Crippen LogP contribution in [0.5, 0.6) is 0 Å². The molecule has 1 fully saturated rings. The Morgan fingerprint density at radius 2 is 2.10 bits per heavy atom. The van der Waals surface area contributed by atoms with Gasteiger partial charge in [0.1, 0.15) is 5.54 Å². The molecule has 1 N–H and O–H groups in total. The van der Waals surface area contributed by atoms with Crippen LogP contribution in [0.1, 0.15) is 52.9 Å². The van der Waals surface area contributed by atoms with E-state index in [1.54, 1.807) is 0 Å². The van der Waals surface area contributed by atoms with Crippen molar-refractivity contribution in [3.8, 4) is 0 Å². The molecule has 1 rings (SSSR count). The summed E-state index contributed by atoms with van der Waals surface area (Å²) in [5.74, 6) is 0.988. The summed E-state index contributed by atoms with van der Waals surface area (Å²) in [6.45, 7) is 9.03. The van der Waals surface area contributed by atoms with Crippen molar-refractivity contribution in [2.75, 3.05) is 32.1 Å². The van der Waals surface area contributed by atoms with Crippen molar-refractivity contribution < 1.29 is 14.3 Å². The molecule has 0 spiro atoms. The van der Waals surface area contributed by atoms with Gasteiger partial charge in [-0.25, -0.2) is 0 Å². The molecule has 1 heterocycles. The first-order valence-corrected chi connectivity index (χ1v) is 9.29. The van der Waals surface area contributed by atoms with E-state index >= 15 is 0 Å². The SMILES string of the molecule is CCCNC(C)(CCCSC1CCOCC1)C(=O)OCC. The molecular weight excluding hydrogens is 286 g/mol. The first-order valence-electron chi connectivity index (χ1n) is 8.24. The van der Waals surface area contributed by atoms with Crippen LogP contribution in [0.3, 0.4) is 0 Å². The third-order valence-electron chi connectivity index (χ3n) is 3.83. The molecule has 5 heteroatoms. The average Bonchev–Trinajstić information content (AvgIpc) is 2.51. The van der Waals surface area contributed by atoms with E-state index in [1.165, 1.54) is 0 Å². The number of esters is 1. The number of hydrogen-bond donors (Lipinski definition) is 1. The fourth-order valence-corrected chi connectivity index (χ4v) is 3.64. The summed E-state index contributed by atoms with van der Waals surface area (Å²) in [5.41, 5.74) is -0.539. The predicted molar refractivity (Wildman–Crippen MR) is 88.9 cm³/mol. The number of ether oxygens (including phenoxy) is 2. The van der Waals surface area contributed by atoms with E-state index in [0.29, 0.717) is 6.61 Å². The number of carbonyl (C=O) groups excluding carboxylic acids is 1. The molecule has 0 aromatic rings. The van der Waals surface area contributed by atoms with Gasteiger partial charge in [-0.3, -0.25) is 4.79 Å². The summed E-state index contributed by atoms with van der Waals surface area (Å²) < 4.78 is 10.6. The Bertz CT molecular complexity index is 295. The number of nitrogens with one attached hydrogen (secondary N) is 1. The van der Waals surface area contributed by atoms with Gasteiger partial charge < -0.3 is 14.8 Å². The van der Waals surface area contributed by atoms with Crippen molar-refractivity contribution in [3.05, 3.63) is 0 Å². The van der Waals surface area contributed by atoms with Gasteiger partial charge in [0.15, 0.2) is 0 Å². The quantitative estimate of drug-likeness (QED) is 0.496. The molecule has 0 saturated carbocycles. The van der Waals surface area contributed by atoms with Gasteiger partial charge in [0.2, 0.25) is 0 Å². The molecule has 1 saturated heterocycles. The Morgan fingerprint density at radius 3 is 2.71 bits per heavy atom. The van der Waals surface area contributed by atoms with E-state index in [2.05, 4.69) is 12.2 Å². The molecule has 124 valence electrons. The highest BCUT2D eigenvalue weighted by Gasteiger charge is 2.33. The maximum absolute atomic E-state index is 12.2. The second-order valence-corrected chi connectivity index (χ2v) is 7.17. The fraction of sp³-hybridized carbons (Fsp3) is 0.938. The van der Waals surface area contributed by atoms with Crippen molar-refractivity contribution in [1.29, 1.82) is 0 Å². The predicted octanol–water partition coefficient (Wildman–Crippen LogP) is 3.00. The third-order valence-corrected chi connectivity index (χ3v) is 5.30. The summed E-state index contributed by atoms with van der Waals surface area (Å²) in [5, 5.41) is 4.10. The Balaban J connectivity index is 2.32. The largest absolute Gasteiger partial charge is 0.465 e. The lowest BCUT2D eigenvalue weighted by atomic mass is 9.96. The van der Waals surface area contributed by atoms with Crippen LogP contribution in [-0.4, -0.2) is 48.9 Å². The van der Waals surface area contributed by atoms with E-state index in [4.69, 9.17) is 9.47 Å². The fourth-order valence-electron chi connectivity index (χ4n) is 2.47. The van der Waals surface area contributed by atoms with Crippen molar-refractivity contribution in [2.45, 2.75) is 63.7 Å². The molecular formula is C16H31NO3S. The van der Waals surface area contributed by atoms with Gasteiger partial charge in [-0.05, 0) is 58.2 Å². The molecule has 0 aromatic heterocycles. The molecule has 0 aliphatic carbocycles. The van der Waals surface area contributed by atoms with Crippen LogP contribution in [0.15, 0.2) is 0 Å². The van der Waals surface area contributed by atoms with Gasteiger partial charge in [-0.15, -0.1) is 0 Å². The lowest BCUT2D eigenvalue weighted by molar-refractivity contribution is -0.150. The Labute approximate surface area is 133 Å². The van der Waals surface area contributed by atoms with Crippen LogP contribution >= 0.6 is 11.8 Å². The van der Waals surface area contributed by atoms with Crippen LogP contribution < -0.4 is 5.32 Å². The molecule has 4 nitrogen and oxygen atoms in total. The summed E-state index contributed by atoms with van der Waals surface area (Å²) in [7, 11) is 0. The first kappa shape index (κ1) is 18.8. The van der Waals surface area contributed by atoms with Gasteiger partial charge in [-0.2, -0.15) is 11.8 Å². The Morgan fingerprint density at radius 1 is 1.38 bits per heavy atom. The molecule has 0 aromatic carbocycles. The average molecular weight is 317 g/mol. The number of thioether (sulfide) groups is 1. The highest BCUT2D eigenvalue weighted by Crippen LogP contribution is 2.24. The molecule has 0 amide bonds. The summed E-state index contributed by atoms with van der Waals surface area (Å²) >= 11 is 2.03. The highest BCUT2D eigenvalue weighted by molar-refractivity contribution is 7.99. The zero-order chi connectivity index (χ0) is 15.6.